The van der Waals surface area contributed by atoms with E-state index in [1.54, 1.807) is 0 Å². The average molecular weight is 209 g/mol. The fourth-order valence-corrected chi connectivity index (χ4v) is 1.32. The first-order valence-electron chi connectivity index (χ1n) is 3.14. The number of hydrogen-bond acceptors (Lipinski definition) is 5. The molecule has 0 heterocycles. The van der Waals surface area contributed by atoms with Crippen molar-refractivity contribution in [1.82, 2.24) is 4.90 Å². The summed E-state index contributed by atoms with van der Waals surface area (Å²) in [5.41, 5.74) is 0. The third kappa shape index (κ3) is 3.93. The molecule has 0 aromatic heterocycles. The quantitative estimate of drug-likeness (QED) is 0.529. The van der Waals surface area contributed by atoms with Crippen molar-refractivity contribution in [1.29, 1.82) is 0 Å². The number of hydrogen-bond donors (Lipinski definition) is 2. The van der Waals surface area contributed by atoms with Gasteiger partial charge in [0, 0.05) is 0 Å². The van der Waals surface area contributed by atoms with Crippen molar-refractivity contribution in [2.75, 3.05) is 13.6 Å². The van der Waals surface area contributed by atoms with Crippen LogP contribution in [0.15, 0.2) is 0 Å². The van der Waals surface area contributed by atoms with Crippen molar-refractivity contribution < 1.29 is 29.3 Å². The zero-order chi connectivity index (χ0) is 10.6. The Bertz CT molecular complexity index is 227. The van der Waals surface area contributed by atoms with E-state index >= 15 is 0 Å². The lowest BCUT2D eigenvalue weighted by Gasteiger charge is -2.14. The zero-order valence-electron chi connectivity index (χ0n) is 6.71. The number of carboxylic acid groups (broad SMARTS) is 2. The van der Waals surface area contributed by atoms with E-state index in [9.17, 15) is 19.0 Å². The number of likely N-dealkylation sites (N-methyl/N-ethyl adjacent to an activating group) is 1. The van der Waals surface area contributed by atoms with Gasteiger partial charge < -0.3 is 15.1 Å². The third-order valence-corrected chi connectivity index (χ3v) is 2.24. The van der Waals surface area contributed by atoms with Gasteiger partial charge in [0.2, 0.25) is 0 Å². The van der Waals surface area contributed by atoms with Crippen LogP contribution >= 0.6 is 8.03 Å². The molecule has 0 rings (SSSR count). The standard InChI is InChI=1S/C5H8NO6P/c1-6(2-3(7)8)4(5(9)10)13(11)12/h4H,2H2,1H3,(H,7,8)(H,9,10). The van der Waals surface area contributed by atoms with E-state index in [4.69, 9.17) is 10.2 Å². The van der Waals surface area contributed by atoms with Crippen molar-refractivity contribution in [2.45, 2.75) is 5.78 Å². The van der Waals surface area contributed by atoms with Crippen LogP contribution in [-0.2, 0) is 14.2 Å². The summed E-state index contributed by atoms with van der Waals surface area (Å²) in [7, 11) is -2.10. The second-order valence-corrected chi connectivity index (χ2v) is 3.37. The molecule has 0 aromatic rings. The highest BCUT2D eigenvalue weighted by molar-refractivity contribution is 7.38. The largest absolute Gasteiger partial charge is 0.594 e. The Morgan fingerprint density at radius 2 is 2.00 bits per heavy atom. The van der Waals surface area contributed by atoms with Gasteiger partial charge in [-0.2, -0.15) is 0 Å². The summed E-state index contributed by atoms with van der Waals surface area (Å²) in [5, 5.41) is 16.7. The normalized spacial score (nSPS) is 13.9. The molecule has 0 saturated carbocycles. The molecule has 8 heteroatoms. The first kappa shape index (κ1) is 12.0. The molecule has 0 spiro atoms. The Kier molecular flexibility index (Phi) is 4.47. The third-order valence-electron chi connectivity index (χ3n) is 1.22. The highest BCUT2D eigenvalue weighted by Crippen LogP contribution is 2.20. The molecular weight excluding hydrogens is 201 g/mol. The maximum Gasteiger partial charge on any atom is 0.371 e. The molecule has 0 bridgehead atoms. The van der Waals surface area contributed by atoms with Crippen molar-refractivity contribution in [2.24, 2.45) is 0 Å². The minimum absolute atomic E-state index is 0.639. The second kappa shape index (κ2) is 4.86. The number of carboxylic acids is 2. The summed E-state index contributed by atoms with van der Waals surface area (Å²) in [6.07, 6.45) is 0. The van der Waals surface area contributed by atoms with E-state index in [2.05, 4.69) is 0 Å². The van der Waals surface area contributed by atoms with Crippen LogP contribution in [-0.4, -0.2) is 46.4 Å². The minimum Gasteiger partial charge on any atom is -0.594 e. The molecule has 0 aliphatic rings. The summed E-state index contributed by atoms with van der Waals surface area (Å²) < 4.78 is 10.4. The maximum absolute atomic E-state index is 10.4. The molecular formula is C5H8NO6P. The molecule has 0 saturated heterocycles. The molecule has 2 atom stereocenters. The Balaban J connectivity index is 4.46. The summed E-state index contributed by atoms with van der Waals surface area (Å²) in [4.78, 5) is 31.6. The van der Waals surface area contributed by atoms with E-state index in [1.807, 2.05) is 0 Å². The topological polar surface area (TPSA) is 118 Å². The van der Waals surface area contributed by atoms with Crippen LogP contribution in [0.2, 0.25) is 0 Å². The number of rotatable bonds is 5. The smallest absolute Gasteiger partial charge is 0.371 e. The van der Waals surface area contributed by atoms with Crippen molar-refractivity contribution in [3.63, 3.8) is 0 Å². The van der Waals surface area contributed by atoms with Crippen LogP contribution in [0.1, 0.15) is 0 Å². The van der Waals surface area contributed by atoms with Crippen molar-refractivity contribution in [3.8, 4) is 0 Å². The Hall–Kier alpha value is -1.04. The molecule has 13 heavy (non-hydrogen) atoms. The van der Waals surface area contributed by atoms with Gasteiger partial charge in [0.05, 0.1) is 0 Å². The number of nitrogens with zero attached hydrogens (tertiary/aromatic N) is 1. The van der Waals surface area contributed by atoms with Gasteiger partial charge >= 0.3 is 25.7 Å². The van der Waals surface area contributed by atoms with E-state index < -0.39 is 32.3 Å². The van der Waals surface area contributed by atoms with Gasteiger partial charge in [0.15, 0.2) is 0 Å². The first-order valence-corrected chi connectivity index (χ1v) is 4.39. The van der Waals surface area contributed by atoms with Crippen LogP contribution in [0.5, 0.6) is 0 Å². The van der Waals surface area contributed by atoms with Gasteiger partial charge in [-0.25, -0.2) is 9.69 Å². The minimum atomic E-state index is -3.21. The predicted octanol–water partition coefficient (Wildman–Crippen LogP) is -1.48. The monoisotopic (exact) mass is 209 g/mol. The number of carbonyl (C=O) groups is 2. The lowest BCUT2D eigenvalue weighted by molar-refractivity contribution is -0.172. The lowest BCUT2D eigenvalue weighted by atomic mass is 10.5. The fraction of sp³-hybridized carbons (Fsp3) is 0.600. The summed E-state index contributed by atoms with van der Waals surface area (Å²) >= 11 is 0. The van der Waals surface area contributed by atoms with Crippen LogP contribution in [0.3, 0.4) is 0 Å². The highest BCUT2D eigenvalue weighted by atomic mass is 31.1. The van der Waals surface area contributed by atoms with Crippen molar-refractivity contribution >= 4 is 20.0 Å². The van der Waals surface area contributed by atoms with Gasteiger partial charge in [-0.05, 0) is 7.05 Å². The van der Waals surface area contributed by atoms with E-state index in [-0.39, 0.29) is 0 Å². The first-order chi connectivity index (χ1) is 5.86. The Labute approximate surface area is 74.5 Å². The molecule has 7 nitrogen and oxygen atoms in total. The highest BCUT2D eigenvalue weighted by Gasteiger charge is 2.35. The van der Waals surface area contributed by atoms with Gasteiger partial charge in [0.1, 0.15) is 6.54 Å². The van der Waals surface area contributed by atoms with Gasteiger partial charge in [0.25, 0.3) is 0 Å². The Morgan fingerprint density at radius 3 is 2.23 bits per heavy atom. The van der Waals surface area contributed by atoms with E-state index in [1.165, 1.54) is 0 Å². The van der Waals surface area contributed by atoms with Gasteiger partial charge in [-0.3, -0.25) is 4.79 Å². The Morgan fingerprint density at radius 1 is 1.54 bits per heavy atom. The lowest BCUT2D eigenvalue weighted by Crippen LogP contribution is -2.40. The van der Waals surface area contributed by atoms with E-state index in [0.29, 0.717) is 0 Å². The molecule has 2 N–H and O–H groups in total. The van der Waals surface area contributed by atoms with Crippen molar-refractivity contribution in [3.05, 3.63) is 0 Å². The molecule has 74 valence electrons. The molecule has 2 unspecified atom stereocenters. The molecule has 0 aliphatic carbocycles. The van der Waals surface area contributed by atoms with Crippen LogP contribution in [0.25, 0.3) is 0 Å². The average Bonchev–Trinajstić information content (AvgIpc) is 1.81. The van der Waals surface area contributed by atoms with E-state index in [0.717, 1.165) is 11.9 Å². The molecule has 0 fully saturated rings. The maximum atomic E-state index is 10.4. The predicted molar refractivity (Wildman–Crippen MR) is 39.3 cm³/mol. The van der Waals surface area contributed by atoms with Gasteiger partial charge in [-0.15, -0.1) is 0 Å². The van der Waals surface area contributed by atoms with Crippen LogP contribution < -0.4 is 4.89 Å². The molecule has 0 aliphatic heterocycles. The zero-order valence-corrected chi connectivity index (χ0v) is 7.60. The SMILES string of the molecule is CN(CC(=O)O)C(C(=O)O)[P+](=O)[O-]. The number of aliphatic carboxylic acids is 2. The van der Waals surface area contributed by atoms with Crippen LogP contribution in [0, 0.1) is 0 Å². The summed E-state index contributed by atoms with van der Waals surface area (Å²) in [6, 6.07) is 0. The fourth-order valence-electron chi connectivity index (χ4n) is 0.739. The second-order valence-electron chi connectivity index (χ2n) is 2.31. The van der Waals surface area contributed by atoms with Gasteiger partial charge in [-0.1, -0.05) is 4.57 Å². The molecule has 0 amide bonds. The molecule has 0 aromatic carbocycles. The molecule has 0 radical (unpaired) electrons. The summed E-state index contributed by atoms with van der Waals surface area (Å²) in [5.74, 6) is -4.66. The van der Waals surface area contributed by atoms with Crippen LogP contribution in [0.4, 0.5) is 0 Å². The summed E-state index contributed by atoms with van der Waals surface area (Å²) in [6.45, 7) is -0.639.